The second-order valence-corrected chi connectivity index (χ2v) is 3.77. The third-order valence-corrected chi connectivity index (χ3v) is 2.67. The fourth-order valence-electron chi connectivity index (χ4n) is 1.60. The fourth-order valence-corrected chi connectivity index (χ4v) is 1.60. The van der Waals surface area contributed by atoms with E-state index in [4.69, 9.17) is 15.2 Å². The van der Waals surface area contributed by atoms with Gasteiger partial charge in [-0.25, -0.2) is 4.79 Å². The number of hydrogen-bond acceptors (Lipinski definition) is 4. The van der Waals surface area contributed by atoms with Crippen molar-refractivity contribution >= 4 is 11.7 Å². The topological polar surface area (TPSA) is 61.5 Å². The van der Waals surface area contributed by atoms with Crippen molar-refractivity contribution in [3.8, 4) is 5.75 Å². The van der Waals surface area contributed by atoms with Crippen molar-refractivity contribution in [1.82, 2.24) is 0 Å². The van der Waals surface area contributed by atoms with Crippen molar-refractivity contribution < 1.29 is 14.3 Å². The molecule has 4 heteroatoms. The zero-order chi connectivity index (χ0) is 12.8. The van der Waals surface area contributed by atoms with E-state index in [9.17, 15) is 4.79 Å². The smallest absolute Gasteiger partial charge is 0.344 e. The van der Waals surface area contributed by atoms with Crippen LogP contribution < -0.4 is 10.5 Å². The fraction of sp³-hybridized carbons (Fsp3) is 0.462. The molecule has 0 aromatic heterocycles. The van der Waals surface area contributed by atoms with Crippen LogP contribution in [0.2, 0.25) is 0 Å². The molecule has 0 amide bonds. The summed E-state index contributed by atoms with van der Waals surface area (Å²) < 4.78 is 10.5. The molecule has 0 radical (unpaired) electrons. The van der Waals surface area contributed by atoms with Crippen LogP contribution in [0.3, 0.4) is 0 Å². The van der Waals surface area contributed by atoms with Gasteiger partial charge in [0.2, 0.25) is 0 Å². The van der Waals surface area contributed by atoms with E-state index in [1.54, 1.807) is 18.2 Å². The van der Waals surface area contributed by atoms with E-state index < -0.39 is 5.97 Å². The van der Waals surface area contributed by atoms with E-state index in [0.29, 0.717) is 17.0 Å². The van der Waals surface area contributed by atoms with Gasteiger partial charge in [0, 0.05) is 5.69 Å². The maximum absolute atomic E-state index is 12.0. The Morgan fingerprint density at radius 1 is 1.35 bits per heavy atom. The lowest BCUT2D eigenvalue weighted by Crippen LogP contribution is -2.18. The first-order valence-electron chi connectivity index (χ1n) is 5.77. The lowest BCUT2D eigenvalue weighted by atomic mass is 10.1. The van der Waals surface area contributed by atoms with Gasteiger partial charge in [-0.05, 0) is 25.0 Å². The average Bonchev–Trinajstić information content (AvgIpc) is 2.35. The highest BCUT2D eigenvalue weighted by molar-refractivity contribution is 5.98. The average molecular weight is 237 g/mol. The summed E-state index contributed by atoms with van der Waals surface area (Å²) in [6, 6.07) is 5.09. The van der Waals surface area contributed by atoms with Crippen LogP contribution >= 0.6 is 0 Å². The number of carbonyl (C=O) groups is 1. The molecule has 0 aliphatic heterocycles. The summed E-state index contributed by atoms with van der Waals surface area (Å²) in [5.41, 5.74) is 6.46. The molecule has 0 aliphatic rings. The molecular formula is C13H19NO3. The van der Waals surface area contributed by atoms with E-state index in [2.05, 4.69) is 0 Å². The largest absolute Gasteiger partial charge is 0.496 e. The zero-order valence-corrected chi connectivity index (χ0v) is 10.5. The third kappa shape index (κ3) is 3.12. The molecule has 2 N–H and O–H groups in total. The number of methoxy groups -OCH3 is 1. The molecule has 0 saturated heterocycles. The van der Waals surface area contributed by atoms with Crippen LogP contribution in [-0.2, 0) is 4.74 Å². The van der Waals surface area contributed by atoms with Crippen LogP contribution in [0.25, 0.3) is 0 Å². The van der Waals surface area contributed by atoms with Gasteiger partial charge in [0.25, 0.3) is 0 Å². The molecule has 0 spiro atoms. The highest BCUT2D eigenvalue weighted by Gasteiger charge is 2.19. The number of benzene rings is 1. The number of nitrogen functional groups attached to an aromatic ring is 1. The first kappa shape index (κ1) is 13.4. The van der Waals surface area contributed by atoms with Crippen molar-refractivity contribution in [2.45, 2.75) is 32.8 Å². The molecule has 4 nitrogen and oxygen atoms in total. The molecule has 1 aromatic rings. The van der Waals surface area contributed by atoms with Crippen LogP contribution in [-0.4, -0.2) is 19.2 Å². The lowest BCUT2D eigenvalue weighted by molar-refractivity contribution is 0.0282. The summed E-state index contributed by atoms with van der Waals surface area (Å²) in [4.78, 5) is 12.0. The Bertz CT molecular complexity index is 386. The number of carbonyl (C=O) groups excluding carboxylic acids is 1. The van der Waals surface area contributed by atoms with Crippen LogP contribution in [0.5, 0.6) is 5.75 Å². The minimum atomic E-state index is -0.423. The van der Waals surface area contributed by atoms with Crippen molar-refractivity contribution in [2.75, 3.05) is 12.8 Å². The summed E-state index contributed by atoms with van der Waals surface area (Å²) in [6.45, 7) is 3.96. The molecule has 0 heterocycles. The number of nitrogens with two attached hydrogens (primary N) is 1. The van der Waals surface area contributed by atoms with Crippen LogP contribution in [0, 0.1) is 0 Å². The van der Waals surface area contributed by atoms with E-state index >= 15 is 0 Å². The Hall–Kier alpha value is -1.71. The third-order valence-electron chi connectivity index (χ3n) is 2.67. The van der Waals surface area contributed by atoms with Crippen molar-refractivity contribution in [1.29, 1.82) is 0 Å². The Balaban J connectivity index is 2.95. The summed E-state index contributed by atoms with van der Waals surface area (Å²) in [5.74, 6) is 0.0228. The van der Waals surface area contributed by atoms with Crippen molar-refractivity contribution in [2.24, 2.45) is 0 Å². The van der Waals surface area contributed by atoms with Crippen LogP contribution in [0.1, 0.15) is 37.0 Å². The number of hydrogen-bond donors (Lipinski definition) is 1. The zero-order valence-electron chi connectivity index (χ0n) is 10.5. The predicted molar refractivity (Wildman–Crippen MR) is 67.2 cm³/mol. The normalized spacial score (nSPS) is 10.4. The number of ether oxygens (including phenoxy) is 2. The molecule has 94 valence electrons. The quantitative estimate of drug-likeness (QED) is 0.631. The molecule has 1 aromatic carbocycles. The maximum atomic E-state index is 12.0. The van der Waals surface area contributed by atoms with Gasteiger partial charge >= 0.3 is 5.97 Å². The Morgan fingerprint density at radius 3 is 2.53 bits per heavy atom. The number of anilines is 1. The molecule has 0 unspecified atom stereocenters. The second kappa shape index (κ2) is 6.13. The molecular weight excluding hydrogens is 218 g/mol. The van der Waals surface area contributed by atoms with E-state index in [-0.39, 0.29) is 6.10 Å². The standard InChI is InChI=1S/C13H19NO3/c1-4-9(5-2)17-13(15)12-10(14)7-6-8-11(12)16-3/h6-9H,4-5,14H2,1-3H3. The van der Waals surface area contributed by atoms with Gasteiger partial charge in [0.1, 0.15) is 17.4 Å². The van der Waals surface area contributed by atoms with Gasteiger partial charge in [-0.3, -0.25) is 0 Å². The maximum Gasteiger partial charge on any atom is 0.344 e. The van der Waals surface area contributed by atoms with E-state index in [1.807, 2.05) is 13.8 Å². The Kier molecular flexibility index (Phi) is 4.82. The molecule has 17 heavy (non-hydrogen) atoms. The van der Waals surface area contributed by atoms with Gasteiger partial charge < -0.3 is 15.2 Å². The van der Waals surface area contributed by atoms with Crippen molar-refractivity contribution in [3.05, 3.63) is 23.8 Å². The molecule has 0 bridgehead atoms. The van der Waals surface area contributed by atoms with E-state index in [1.165, 1.54) is 7.11 Å². The minimum absolute atomic E-state index is 0.0770. The van der Waals surface area contributed by atoms with E-state index in [0.717, 1.165) is 12.8 Å². The minimum Gasteiger partial charge on any atom is -0.496 e. The monoisotopic (exact) mass is 237 g/mol. The molecule has 0 saturated carbocycles. The summed E-state index contributed by atoms with van der Waals surface area (Å²) in [6.07, 6.45) is 1.50. The number of esters is 1. The van der Waals surface area contributed by atoms with Gasteiger partial charge in [-0.1, -0.05) is 19.9 Å². The highest BCUT2D eigenvalue weighted by Crippen LogP contribution is 2.25. The van der Waals surface area contributed by atoms with Gasteiger partial charge in [0.05, 0.1) is 7.11 Å². The second-order valence-electron chi connectivity index (χ2n) is 3.77. The van der Waals surface area contributed by atoms with Gasteiger partial charge in [-0.2, -0.15) is 0 Å². The van der Waals surface area contributed by atoms with Crippen molar-refractivity contribution in [3.63, 3.8) is 0 Å². The Labute approximate surface area is 102 Å². The molecule has 0 aliphatic carbocycles. The van der Waals surface area contributed by atoms with Crippen LogP contribution in [0.4, 0.5) is 5.69 Å². The summed E-state index contributed by atoms with van der Waals surface area (Å²) in [7, 11) is 1.50. The molecule has 0 fully saturated rings. The summed E-state index contributed by atoms with van der Waals surface area (Å²) >= 11 is 0. The summed E-state index contributed by atoms with van der Waals surface area (Å²) in [5, 5.41) is 0. The first-order valence-corrected chi connectivity index (χ1v) is 5.77. The van der Waals surface area contributed by atoms with Crippen LogP contribution in [0.15, 0.2) is 18.2 Å². The first-order chi connectivity index (χ1) is 8.13. The lowest BCUT2D eigenvalue weighted by Gasteiger charge is -2.16. The van der Waals surface area contributed by atoms with Gasteiger partial charge in [0.15, 0.2) is 0 Å². The molecule has 0 atom stereocenters. The predicted octanol–water partition coefficient (Wildman–Crippen LogP) is 2.62. The SMILES string of the molecule is CCC(CC)OC(=O)c1c(N)cccc1OC. The highest BCUT2D eigenvalue weighted by atomic mass is 16.5. The molecule has 1 rings (SSSR count). The number of rotatable bonds is 5. The Morgan fingerprint density at radius 2 is 2.00 bits per heavy atom. The van der Waals surface area contributed by atoms with Gasteiger partial charge in [-0.15, -0.1) is 0 Å².